The van der Waals surface area contributed by atoms with Crippen LogP contribution in [0.15, 0.2) is 0 Å². The van der Waals surface area contributed by atoms with Gasteiger partial charge in [0.05, 0.1) is 12.1 Å². The Morgan fingerprint density at radius 2 is 2.00 bits per heavy atom. The average molecular weight is 202 g/mol. The van der Waals surface area contributed by atoms with Crippen LogP contribution < -0.4 is 11.1 Å². The summed E-state index contributed by atoms with van der Waals surface area (Å²) < 4.78 is 0. The van der Waals surface area contributed by atoms with Crippen molar-refractivity contribution in [3.05, 3.63) is 0 Å². The summed E-state index contributed by atoms with van der Waals surface area (Å²) >= 11 is 0. The first-order valence-electron chi connectivity index (χ1n) is 5.12. The Morgan fingerprint density at radius 3 is 2.36 bits per heavy atom. The minimum Gasteiger partial charge on any atom is -0.392 e. The number of carbonyl (C=O) groups excluding carboxylic acids is 1. The molecule has 4 heteroatoms. The van der Waals surface area contributed by atoms with Crippen LogP contribution in [0.5, 0.6) is 0 Å². The number of nitrogens with two attached hydrogens (primary N) is 1. The highest BCUT2D eigenvalue weighted by Gasteiger charge is 2.15. The maximum Gasteiger partial charge on any atom is 0.146 e. The molecule has 0 aliphatic heterocycles. The molecule has 0 saturated heterocycles. The van der Waals surface area contributed by atoms with Gasteiger partial charge in [-0.05, 0) is 19.8 Å². The van der Waals surface area contributed by atoms with Crippen LogP contribution in [-0.2, 0) is 4.79 Å². The van der Waals surface area contributed by atoms with Crippen LogP contribution in [0.4, 0.5) is 0 Å². The molecule has 0 aliphatic carbocycles. The molecule has 0 saturated carbocycles. The third-order valence-electron chi connectivity index (χ3n) is 2.09. The van der Waals surface area contributed by atoms with Crippen molar-refractivity contribution < 1.29 is 9.90 Å². The van der Waals surface area contributed by atoms with E-state index in [-0.39, 0.29) is 24.4 Å². The fourth-order valence-electron chi connectivity index (χ4n) is 1.28. The van der Waals surface area contributed by atoms with E-state index in [0.29, 0.717) is 12.8 Å². The highest BCUT2D eigenvalue weighted by atomic mass is 16.3. The van der Waals surface area contributed by atoms with Gasteiger partial charge < -0.3 is 16.2 Å². The summed E-state index contributed by atoms with van der Waals surface area (Å²) in [5.41, 5.74) is 5.28. The van der Waals surface area contributed by atoms with Crippen LogP contribution in [0.1, 0.15) is 33.6 Å². The van der Waals surface area contributed by atoms with Gasteiger partial charge in [0.25, 0.3) is 0 Å². The number of rotatable bonds is 7. The SMILES string of the molecule is CC(=O)[C@H](CC[C@@H](O)CN)NC(C)C. The van der Waals surface area contributed by atoms with E-state index in [1.165, 1.54) is 0 Å². The quantitative estimate of drug-likeness (QED) is 0.545. The molecule has 0 aromatic heterocycles. The molecule has 0 bridgehead atoms. The van der Waals surface area contributed by atoms with Gasteiger partial charge in [0.2, 0.25) is 0 Å². The summed E-state index contributed by atoms with van der Waals surface area (Å²) in [4.78, 5) is 11.2. The van der Waals surface area contributed by atoms with Gasteiger partial charge in [0.15, 0.2) is 0 Å². The Kier molecular flexibility index (Phi) is 6.70. The second-order valence-corrected chi connectivity index (χ2v) is 3.95. The minimum absolute atomic E-state index is 0.114. The summed E-state index contributed by atoms with van der Waals surface area (Å²) in [6.07, 6.45) is 0.720. The Labute approximate surface area is 85.9 Å². The van der Waals surface area contributed by atoms with Crippen LogP contribution >= 0.6 is 0 Å². The van der Waals surface area contributed by atoms with Gasteiger partial charge in [-0.1, -0.05) is 13.8 Å². The number of nitrogens with one attached hydrogen (secondary N) is 1. The first kappa shape index (κ1) is 13.5. The first-order chi connectivity index (χ1) is 6.47. The molecule has 0 spiro atoms. The number of aliphatic hydroxyl groups is 1. The van der Waals surface area contributed by atoms with Crippen molar-refractivity contribution in [3.63, 3.8) is 0 Å². The van der Waals surface area contributed by atoms with Crippen molar-refractivity contribution in [3.8, 4) is 0 Å². The van der Waals surface area contributed by atoms with Crippen LogP contribution in [0.3, 0.4) is 0 Å². The van der Waals surface area contributed by atoms with Gasteiger partial charge in [-0.3, -0.25) is 4.79 Å². The van der Waals surface area contributed by atoms with Gasteiger partial charge in [0.1, 0.15) is 5.78 Å². The van der Waals surface area contributed by atoms with Crippen molar-refractivity contribution in [2.45, 2.75) is 51.8 Å². The Balaban J connectivity index is 3.91. The highest BCUT2D eigenvalue weighted by Crippen LogP contribution is 2.03. The van der Waals surface area contributed by atoms with E-state index in [4.69, 9.17) is 5.73 Å². The van der Waals surface area contributed by atoms with Crippen molar-refractivity contribution in [2.75, 3.05) is 6.54 Å². The monoisotopic (exact) mass is 202 g/mol. The van der Waals surface area contributed by atoms with Crippen molar-refractivity contribution in [1.29, 1.82) is 0 Å². The lowest BCUT2D eigenvalue weighted by molar-refractivity contribution is -0.119. The number of carbonyl (C=O) groups is 1. The second kappa shape index (κ2) is 6.92. The van der Waals surface area contributed by atoms with Crippen LogP contribution in [0.2, 0.25) is 0 Å². The number of hydrogen-bond acceptors (Lipinski definition) is 4. The normalized spacial score (nSPS) is 15.6. The summed E-state index contributed by atoms with van der Waals surface area (Å²) in [6.45, 7) is 5.81. The van der Waals surface area contributed by atoms with Gasteiger partial charge in [-0.25, -0.2) is 0 Å². The lowest BCUT2D eigenvalue weighted by atomic mass is 10.0. The van der Waals surface area contributed by atoms with E-state index in [1.54, 1.807) is 6.92 Å². The Morgan fingerprint density at radius 1 is 1.43 bits per heavy atom. The number of hydrogen-bond donors (Lipinski definition) is 3. The zero-order chi connectivity index (χ0) is 11.1. The van der Waals surface area contributed by atoms with Gasteiger partial charge in [-0.15, -0.1) is 0 Å². The molecule has 0 fully saturated rings. The fourth-order valence-corrected chi connectivity index (χ4v) is 1.28. The molecule has 14 heavy (non-hydrogen) atoms. The molecule has 0 aromatic carbocycles. The lowest BCUT2D eigenvalue weighted by Gasteiger charge is -2.19. The fraction of sp³-hybridized carbons (Fsp3) is 0.900. The molecule has 0 aliphatic rings. The summed E-state index contributed by atoms with van der Waals surface area (Å²) in [5.74, 6) is 0.114. The Bertz CT molecular complexity index is 172. The van der Waals surface area contributed by atoms with Crippen molar-refractivity contribution in [2.24, 2.45) is 5.73 Å². The average Bonchev–Trinajstić information content (AvgIpc) is 2.10. The van der Waals surface area contributed by atoms with Crippen LogP contribution in [-0.4, -0.2) is 35.6 Å². The number of Topliss-reactive ketones (excluding diaryl/α,β-unsaturated/α-hetero) is 1. The highest BCUT2D eigenvalue weighted by molar-refractivity contribution is 5.81. The van der Waals surface area contributed by atoms with Gasteiger partial charge >= 0.3 is 0 Å². The largest absolute Gasteiger partial charge is 0.392 e. The number of aliphatic hydroxyl groups excluding tert-OH is 1. The predicted molar refractivity (Wildman–Crippen MR) is 57.0 cm³/mol. The van der Waals surface area contributed by atoms with E-state index >= 15 is 0 Å². The van der Waals surface area contributed by atoms with Gasteiger partial charge in [-0.2, -0.15) is 0 Å². The molecular formula is C10H22N2O2. The topological polar surface area (TPSA) is 75.3 Å². The molecule has 0 aromatic rings. The standard InChI is InChI=1S/C10H22N2O2/c1-7(2)12-10(8(3)13)5-4-9(14)6-11/h7,9-10,12,14H,4-6,11H2,1-3H3/t9-,10+/m1/s1. The molecule has 0 heterocycles. The Hall–Kier alpha value is -0.450. The third-order valence-corrected chi connectivity index (χ3v) is 2.09. The zero-order valence-corrected chi connectivity index (χ0v) is 9.29. The summed E-state index contributed by atoms with van der Waals surface area (Å²) in [6, 6.07) is 0.120. The lowest BCUT2D eigenvalue weighted by Crippen LogP contribution is -2.40. The minimum atomic E-state index is -0.495. The van der Waals surface area contributed by atoms with Crippen molar-refractivity contribution in [1.82, 2.24) is 5.32 Å². The number of ketones is 1. The van der Waals surface area contributed by atoms with Crippen molar-refractivity contribution >= 4 is 5.78 Å². The van der Waals surface area contributed by atoms with Crippen LogP contribution in [0.25, 0.3) is 0 Å². The molecule has 4 nitrogen and oxygen atoms in total. The van der Waals surface area contributed by atoms with E-state index in [9.17, 15) is 9.90 Å². The molecule has 0 radical (unpaired) electrons. The smallest absolute Gasteiger partial charge is 0.146 e. The maximum absolute atomic E-state index is 11.2. The molecular weight excluding hydrogens is 180 g/mol. The molecule has 0 rings (SSSR count). The van der Waals surface area contributed by atoms with E-state index in [2.05, 4.69) is 5.32 Å². The van der Waals surface area contributed by atoms with E-state index < -0.39 is 6.10 Å². The third kappa shape index (κ3) is 6.07. The van der Waals surface area contributed by atoms with E-state index in [1.807, 2.05) is 13.8 Å². The predicted octanol–water partition coefficient (Wildman–Crippen LogP) is 0.0418. The van der Waals surface area contributed by atoms with E-state index in [0.717, 1.165) is 0 Å². The molecule has 0 unspecified atom stereocenters. The summed E-state index contributed by atoms with van der Waals surface area (Å²) in [7, 11) is 0. The molecule has 2 atom stereocenters. The summed E-state index contributed by atoms with van der Waals surface area (Å²) in [5, 5.41) is 12.4. The molecule has 4 N–H and O–H groups in total. The molecule has 0 amide bonds. The second-order valence-electron chi connectivity index (χ2n) is 3.95. The van der Waals surface area contributed by atoms with Crippen LogP contribution in [0, 0.1) is 0 Å². The zero-order valence-electron chi connectivity index (χ0n) is 9.29. The first-order valence-corrected chi connectivity index (χ1v) is 5.12. The molecule has 84 valence electrons. The maximum atomic E-state index is 11.2. The van der Waals surface area contributed by atoms with Gasteiger partial charge in [0, 0.05) is 12.6 Å².